The van der Waals surface area contributed by atoms with Crippen molar-refractivity contribution in [2.45, 2.75) is 83.2 Å². The number of fused-ring (bicyclic) bond motifs is 1. The summed E-state index contributed by atoms with van der Waals surface area (Å²) in [4.78, 5) is 38.1. The first kappa shape index (κ1) is 24.1. The molecule has 1 aromatic rings. The van der Waals surface area contributed by atoms with Crippen LogP contribution in [0.2, 0.25) is 0 Å². The van der Waals surface area contributed by atoms with Crippen LogP contribution in [0.4, 0.5) is 0 Å². The molecule has 1 aromatic heterocycles. The molecule has 0 radical (unpaired) electrons. The van der Waals surface area contributed by atoms with Crippen LogP contribution < -0.4 is 0 Å². The zero-order valence-corrected chi connectivity index (χ0v) is 21.1. The van der Waals surface area contributed by atoms with Gasteiger partial charge < -0.3 is 23.4 Å². The summed E-state index contributed by atoms with van der Waals surface area (Å²) >= 11 is 0. The first-order valence-electron chi connectivity index (χ1n) is 12.3. The molecule has 0 N–H and O–H groups in total. The Morgan fingerprint density at radius 2 is 1.94 bits per heavy atom. The Hall–Kier alpha value is -2.61. The largest absolute Gasteiger partial charge is 0.472 e. The maximum atomic E-state index is 13.0. The third kappa shape index (κ3) is 3.18. The molecule has 2 bridgehead atoms. The van der Waals surface area contributed by atoms with Gasteiger partial charge in [-0.25, -0.2) is 0 Å². The van der Waals surface area contributed by atoms with E-state index >= 15 is 0 Å². The number of methoxy groups -OCH3 is 1. The predicted octanol–water partition coefficient (Wildman–Crippen LogP) is 4.29. The SMILES string of the molecule is C=C1[C@@H]2CC[C@@]3(C)[C@H](c4ccoc4)OC(=O)C[C@]13O[C@@H](CC(=O)OC)[C@@]2(C)[C@@H]1CC(=O)OC1(C)C. The van der Waals surface area contributed by atoms with Gasteiger partial charge in [0.15, 0.2) is 0 Å². The standard InChI is InChI=1S/C27H34O8/c1-15-17-7-9-25(4)23(16-8-10-32-14-16)33-22(30)13-27(15,25)34-19(12-20(28)31-6)26(17,5)18-11-21(29)35-24(18,2)3/h8,10,14,17-19,23H,1,7,9,11-13H2,2-6H3/t17-,18+,19-,23-,25-,26+,27-/m0/s1. The lowest BCUT2D eigenvalue weighted by Crippen LogP contribution is -2.71. The fourth-order valence-electron chi connectivity index (χ4n) is 7.78. The van der Waals surface area contributed by atoms with Crippen LogP contribution in [-0.2, 0) is 33.3 Å². The maximum Gasteiger partial charge on any atom is 0.309 e. The molecule has 0 aromatic carbocycles. The van der Waals surface area contributed by atoms with Crippen molar-refractivity contribution in [3.05, 3.63) is 36.3 Å². The molecule has 190 valence electrons. The van der Waals surface area contributed by atoms with Gasteiger partial charge in [-0.15, -0.1) is 0 Å². The average molecular weight is 487 g/mol. The van der Waals surface area contributed by atoms with E-state index in [1.807, 2.05) is 13.8 Å². The van der Waals surface area contributed by atoms with Gasteiger partial charge in [0, 0.05) is 22.3 Å². The summed E-state index contributed by atoms with van der Waals surface area (Å²) in [6.07, 6.45) is 3.69. The molecular weight excluding hydrogens is 452 g/mol. The Kier molecular flexibility index (Phi) is 5.30. The minimum atomic E-state index is -1.03. The predicted molar refractivity (Wildman–Crippen MR) is 123 cm³/mol. The van der Waals surface area contributed by atoms with Crippen LogP contribution in [-0.4, -0.2) is 42.3 Å². The van der Waals surface area contributed by atoms with Gasteiger partial charge in [-0.05, 0) is 44.2 Å². The molecule has 0 unspecified atom stereocenters. The number of carbonyl (C=O) groups excluding carboxylic acids is 3. The lowest BCUT2D eigenvalue weighted by atomic mass is 9.45. The van der Waals surface area contributed by atoms with Crippen molar-refractivity contribution >= 4 is 17.9 Å². The van der Waals surface area contributed by atoms with Crippen LogP contribution >= 0.6 is 0 Å². The highest BCUT2D eigenvalue weighted by molar-refractivity contribution is 5.75. The Morgan fingerprint density at radius 1 is 1.20 bits per heavy atom. The summed E-state index contributed by atoms with van der Waals surface area (Å²) in [5, 5.41) is 0. The summed E-state index contributed by atoms with van der Waals surface area (Å²) < 4.78 is 29.0. The molecule has 1 aliphatic carbocycles. The molecule has 1 spiro atoms. The molecule has 35 heavy (non-hydrogen) atoms. The molecule has 3 aliphatic heterocycles. The Bertz CT molecular complexity index is 1070. The molecule has 8 nitrogen and oxygen atoms in total. The summed E-state index contributed by atoms with van der Waals surface area (Å²) in [6, 6.07) is 1.81. The Balaban J connectivity index is 1.65. The summed E-state index contributed by atoms with van der Waals surface area (Å²) in [7, 11) is 1.35. The van der Waals surface area contributed by atoms with Gasteiger partial charge in [-0.3, -0.25) is 14.4 Å². The highest BCUT2D eigenvalue weighted by atomic mass is 16.6. The number of hydrogen-bond acceptors (Lipinski definition) is 8. The van der Waals surface area contributed by atoms with Crippen LogP contribution in [0, 0.1) is 22.7 Å². The molecule has 5 rings (SSSR count). The maximum absolute atomic E-state index is 13.0. The molecule has 1 saturated carbocycles. The fourth-order valence-corrected chi connectivity index (χ4v) is 7.78. The monoisotopic (exact) mass is 486 g/mol. The fraction of sp³-hybridized carbons (Fsp3) is 0.667. The first-order valence-corrected chi connectivity index (χ1v) is 12.3. The van der Waals surface area contributed by atoms with Gasteiger partial charge in [0.1, 0.15) is 17.3 Å². The van der Waals surface area contributed by atoms with Crippen molar-refractivity contribution in [3.8, 4) is 0 Å². The van der Waals surface area contributed by atoms with E-state index in [9.17, 15) is 14.4 Å². The van der Waals surface area contributed by atoms with Crippen LogP contribution in [0.3, 0.4) is 0 Å². The zero-order valence-electron chi connectivity index (χ0n) is 21.1. The number of esters is 3. The number of carbonyl (C=O) groups is 3. The van der Waals surface area contributed by atoms with E-state index in [4.69, 9.17) is 23.4 Å². The minimum Gasteiger partial charge on any atom is -0.472 e. The number of hydrogen-bond donors (Lipinski definition) is 0. The van der Waals surface area contributed by atoms with E-state index in [2.05, 4.69) is 20.4 Å². The highest BCUT2D eigenvalue weighted by Crippen LogP contribution is 2.70. The molecule has 4 fully saturated rings. The van der Waals surface area contributed by atoms with Crippen LogP contribution in [0.25, 0.3) is 0 Å². The van der Waals surface area contributed by atoms with Crippen LogP contribution in [0.15, 0.2) is 35.2 Å². The van der Waals surface area contributed by atoms with E-state index in [1.165, 1.54) is 7.11 Å². The van der Waals surface area contributed by atoms with E-state index in [0.717, 1.165) is 17.6 Å². The molecule has 7 atom stereocenters. The minimum absolute atomic E-state index is 0.000799. The van der Waals surface area contributed by atoms with Gasteiger partial charge >= 0.3 is 17.9 Å². The Labute approximate surface area is 205 Å². The lowest BCUT2D eigenvalue weighted by molar-refractivity contribution is -0.293. The van der Waals surface area contributed by atoms with E-state index in [1.54, 1.807) is 18.6 Å². The van der Waals surface area contributed by atoms with Crippen molar-refractivity contribution in [1.29, 1.82) is 0 Å². The third-order valence-electron chi connectivity index (χ3n) is 9.59. The van der Waals surface area contributed by atoms with E-state index in [0.29, 0.717) is 6.42 Å². The van der Waals surface area contributed by atoms with Gasteiger partial charge in [-0.2, -0.15) is 0 Å². The topological polar surface area (TPSA) is 101 Å². The normalized spacial score (nSPS) is 42.1. The molecule has 3 saturated heterocycles. The van der Waals surface area contributed by atoms with Gasteiger partial charge in [0.2, 0.25) is 0 Å². The van der Waals surface area contributed by atoms with E-state index < -0.39 is 40.2 Å². The lowest BCUT2D eigenvalue weighted by Gasteiger charge is -2.68. The van der Waals surface area contributed by atoms with Crippen molar-refractivity contribution in [2.24, 2.45) is 22.7 Å². The van der Waals surface area contributed by atoms with Crippen LogP contribution in [0.1, 0.15) is 71.5 Å². The second-order valence-corrected chi connectivity index (χ2v) is 11.6. The molecular formula is C27H34O8. The Morgan fingerprint density at radius 3 is 2.54 bits per heavy atom. The van der Waals surface area contributed by atoms with Gasteiger partial charge in [0.05, 0.1) is 45.0 Å². The van der Waals surface area contributed by atoms with Crippen molar-refractivity contribution < 1.29 is 37.7 Å². The smallest absolute Gasteiger partial charge is 0.309 e. The zero-order chi connectivity index (χ0) is 25.4. The third-order valence-corrected chi connectivity index (χ3v) is 9.59. The average Bonchev–Trinajstić information content (AvgIpc) is 3.40. The summed E-state index contributed by atoms with van der Waals surface area (Å²) in [5.41, 5.74) is -1.43. The number of rotatable bonds is 4. The second-order valence-electron chi connectivity index (χ2n) is 11.6. The van der Waals surface area contributed by atoms with Gasteiger partial charge in [-0.1, -0.05) is 20.4 Å². The first-order chi connectivity index (χ1) is 16.4. The molecule has 8 heteroatoms. The van der Waals surface area contributed by atoms with E-state index in [-0.39, 0.29) is 43.0 Å². The molecule has 0 amide bonds. The molecule has 4 aliphatic rings. The highest BCUT2D eigenvalue weighted by Gasteiger charge is 2.72. The second kappa shape index (κ2) is 7.69. The summed E-state index contributed by atoms with van der Waals surface area (Å²) in [5.74, 6) is -1.34. The number of cyclic esters (lactones) is 2. The van der Waals surface area contributed by atoms with Crippen LogP contribution in [0.5, 0.6) is 0 Å². The number of furan rings is 1. The molecule has 4 heterocycles. The van der Waals surface area contributed by atoms with Crippen molar-refractivity contribution in [1.82, 2.24) is 0 Å². The van der Waals surface area contributed by atoms with Gasteiger partial charge in [0.25, 0.3) is 0 Å². The van der Waals surface area contributed by atoms with Crippen molar-refractivity contribution in [2.75, 3.05) is 7.11 Å². The quantitative estimate of drug-likeness (QED) is 0.353. The van der Waals surface area contributed by atoms with Crippen molar-refractivity contribution in [3.63, 3.8) is 0 Å². The summed E-state index contributed by atoms with van der Waals surface area (Å²) in [6.45, 7) is 12.5. The number of ether oxygens (including phenoxy) is 4.